The van der Waals surface area contributed by atoms with Crippen LogP contribution in [0.4, 0.5) is 0 Å². The van der Waals surface area contributed by atoms with Gasteiger partial charge in [0.2, 0.25) is 11.8 Å². The molecule has 8 nitrogen and oxygen atoms in total. The summed E-state index contributed by atoms with van der Waals surface area (Å²) in [7, 11) is -3.62. The minimum Gasteiger partial charge on any atom is -0.389 e. The Morgan fingerprint density at radius 2 is 1.62 bits per heavy atom. The molecule has 2 aliphatic carbocycles. The molecule has 2 amide bonds. The molecule has 204 valence electrons. The third-order valence-electron chi connectivity index (χ3n) is 7.39. The molecule has 2 saturated carbocycles. The van der Waals surface area contributed by atoms with E-state index in [0.717, 1.165) is 38.5 Å². The van der Waals surface area contributed by atoms with Crippen LogP contribution in [0, 0.1) is 24.2 Å². The average molecular weight is 533 g/mol. The van der Waals surface area contributed by atoms with Crippen LogP contribution in [0.2, 0.25) is 0 Å². The van der Waals surface area contributed by atoms with Crippen LogP contribution >= 0.6 is 0 Å². The standard InChI is InChI=1S/C28H40N2O6S/c1-2-9-25(31)27(33)23(18-20-10-5-3-6-11-20)30-28(34)24(19-21-14-15-21)29-26(32)16-17-37(35,36)22-12-7-4-8-13-22/h1,4,7-8,12-13,20-21,23-25,27,31,33H,3,5-6,9-11,14-19H2,(H,29,32)(H,30,34)/t23-,24-,25-,27+/m0/s1. The summed E-state index contributed by atoms with van der Waals surface area (Å²) < 4.78 is 25.1. The zero-order valence-corrected chi connectivity index (χ0v) is 22.2. The second-order valence-corrected chi connectivity index (χ2v) is 12.6. The highest BCUT2D eigenvalue weighted by Gasteiger charge is 2.35. The van der Waals surface area contributed by atoms with Crippen LogP contribution in [0.3, 0.4) is 0 Å². The van der Waals surface area contributed by atoms with E-state index in [0.29, 0.717) is 24.7 Å². The van der Waals surface area contributed by atoms with Crippen molar-refractivity contribution in [2.24, 2.45) is 11.8 Å². The third kappa shape index (κ3) is 9.44. The fourth-order valence-electron chi connectivity index (χ4n) is 5.02. The molecule has 0 saturated heterocycles. The predicted molar refractivity (Wildman–Crippen MR) is 141 cm³/mol. The van der Waals surface area contributed by atoms with Crippen molar-refractivity contribution < 1.29 is 28.2 Å². The molecule has 4 atom stereocenters. The summed E-state index contributed by atoms with van der Waals surface area (Å²) in [6.07, 6.45) is 10.9. The SMILES string of the molecule is C#CC[C@H](O)[C@H](O)[C@H](CC1CCCCC1)NC(=O)[C@H](CC1CC1)NC(=O)CCS(=O)(=O)c1ccccc1. The number of aliphatic hydroxyl groups excluding tert-OH is 2. The molecular formula is C28H40N2O6S. The maximum Gasteiger partial charge on any atom is 0.242 e. The number of sulfone groups is 1. The molecule has 1 aromatic carbocycles. The number of nitrogens with one attached hydrogen (secondary N) is 2. The van der Waals surface area contributed by atoms with E-state index in [2.05, 4.69) is 16.6 Å². The molecule has 9 heteroatoms. The highest BCUT2D eigenvalue weighted by atomic mass is 32.2. The molecule has 0 aromatic heterocycles. The van der Waals surface area contributed by atoms with Gasteiger partial charge in [0.15, 0.2) is 9.84 Å². The minimum absolute atomic E-state index is 0.0314. The Labute approximate surface area is 220 Å². The second-order valence-electron chi connectivity index (χ2n) is 10.5. The molecular weight excluding hydrogens is 492 g/mol. The fraction of sp³-hybridized carbons (Fsp3) is 0.643. The molecule has 1 aromatic rings. The number of amides is 2. The zero-order chi connectivity index (χ0) is 26.8. The Bertz CT molecular complexity index is 1030. The number of rotatable bonds is 14. The van der Waals surface area contributed by atoms with Crippen LogP contribution < -0.4 is 10.6 Å². The fourth-order valence-corrected chi connectivity index (χ4v) is 6.28. The van der Waals surface area contributed by atoms with Crippen molar-refractivity contribution in [3.8, 4) is 12.3 Å². The number of hydrogen-bond acceptors (Lipinski definition) is 6. The van der Waals surface area contributed by atoms with Crippen LogP contribution in [0.5, 0.6) is 0 Å². The van der Waals surface area contributed by atoms with Crippen LogP contribution in [0.1, 0.15) is 70.6 Å². The van der Waals surface area contributed by atoms with Gasteiger partial charge >= 0.3 is 0 Å². The Hall–Kier alpha value is -2.41. The Morgan fingerprint density at radius 3 is 2.24 bits per heavy atom. The number of carbonyl (C=O) groups is 2. The third-order valence-corrected chi connectivity index (χ3v) is 9.12. The first-order chi connectivity index (χ1) is 17.7. The average Bonchev–Trinajstić information content (AvgIpc) is 3.72. The Kier molecular flexibility index (Phi) is 11.0. The van der Waals surface area contributed by atoms with Gasteiger partial charge in [-0.1, -0.05) is 63.1 Å². The summed E-state index contributed by atoms with van der Waals surface area (Å²) in [6.45, 7) is 0. The quantitative estimate of drug-likeness (QED) is 0.272. The highest BCUT2D eigenvalue weighted by Crippen LogP contribution is 2.34. The number of aliphatic hydroxyl groups is 2. The van der Waals surface area contributed by atoms with Gasteiger partial charge in [0.1, 0.15) is 12.1 Å². The normalized spacial score (nSPS) is 19.7. The number of benzene rings is 1. The highest BCUT2D eigenvalue weighted by molar-refractivity contribution is 7.91. The van der Waals surface area contributed by atoms with Gasteiger partial charge in [0, 0.05) is 12.8 Å². The van der Waals surface area contributed by atoms with Crippen LogP contribution in [0.25, 0.3) is 0 Å². The van der Waals surface area contributed by atoms with E-state index in [1.807, 2.05) is 0 Å². The lowest BCUT2D eigenvalue weighted by Crippen LogP contribution is -2.55. The molecule has 2 fully saturated rings. The number of terminal acetylenes is 1. The molecule has 0 aliphatic heterocycles. The maximum absolute atomic E-state index is 13.3. The number of carbonyl (C=O) groups excluding carboxylic acids is 2. The minimum atomic E-state index is -3.62. The van der Waals surface area contributed by atoms with Gasteiger partial charge in [-0.3, -0.25) is 9.59 Å². The Balaban J connectivity index is 1.64. The lowest BCUT2D eigenvalue weighted by Gasteiger charge is -2.33. The summed E-state index contributed by atoms with van der Waals surface area (Å²) >= 11 is 0. The van der Waals surface area contributed by atoms with Crippen LogP contribution in [-0.4, -0.2) is 60.5 Å². The molecule has 2 aliphatic rings. The summed E-state index contributed by atoms with van der Waals surface area (Å²) in [5, 5.41) is 26.8. The molecule has 3 rings (SSSR count). The first kappa shape index (κ1) is 29.2. The van der Waals surface area contributed by atoms with E-state index in [1.54, 1.807) is 18.2 Å². The summed E-state index contributed by atoms with van der Waals surface area (Å²) in [5.74, 6) is 1.69. The van der Waals surface area contributed by atoms with Crippen molar-refractivity contribution in [3.63, 3.8) is 0 Å². The largest absolute Gasteiger partial charge is 0.389 e. The molecule has 4 N–H and O–H groups in total. The van der Waals surface area contributed by atoms with Gasteiger partial charge in [-0.25, -0.2) is 8.42 Å². The smallest absolute Gasteiger partial charge is 0.242 e. The molecule has 0 heterocycles. The van der Waals surface area contributed by atoms with E-state index < -0.39 is 45.9 Å². The summed E-state index contributed by atoms with van der Waals surface area (Å²) in [6, 6.07) is 6.41. The maximum atomic E-state index is 13.3. The van der Waals surface area contributed by atoms with E-state index in [9.17, 15) is 28.2 Å². The molecule has 0 spiro atoms. The molecule has 0 radical (unpaired) electrons. The second kappa shape index (κ2) is 13.9. The Morgan fingerprint density at radius 1 is 0.973 bits per heavy atom. The van der Waals surface area contributed by atoms with Gasteiger partial charge < -0.3 is 20.8 Å². The van der Waals surface area contributed by atoms with Crippen molar-refractivity contribution >= 4 is 21.7 Å². The zero-order valence-electron chi connectivity index (χ0n) is 21.3. The first-order valence-corrected chi connectivity index (χ1v) is 15.0. The van der Waals surface area contributed by atoms with Gasteiger partial charge in [-0.2, -0.15) is 0 Å². The van der Waals surface area contributed by atoms with Crippen molar-refractivity contribution in [1.29, 1.82) is 0 Å². The monoisotopic (exact) mass is 532 g/mol. The molecule has 0 bridgehead atoms. The van der Waals surface area contributed by atoms with Gasteiger partial charge in [0.05, 0.1) is 22.8 Å². The van der Waals surface area contributed by atoms with E-state index >= 15 is 0 Å². The number of hydrogen-bond donors (Lipinski definition) is 4. The van der Waals surface area contributed by atoms with E-state index in [-0.39, 0.29) is 23.5 Å². The molecule has 0 unspecified atom stereocenters. The van der Waals surface area contributed by atoms with Gasteiger partial charge in [0.25, 0.3) is 0 Å². The topological polar surface area (TPSA) is 133 Å². The van der Waals surface area contributed by atoms with Crippen molar-refractivity contribution in [3.05, 3.63) is 30.3 Å². The summed E-state index contributed by atoms with van der Waals surface area (Å²) in [4.78, 5) is 26.2. The van der Waals surface area contributed by atoms with E-state index in [1.165, 1.54) is 18.6 Å². The van der Waals surface area contributed by atoms with Crippen LogP contribution in [-0.2, 0) is 19.4 Å². The van der Waals surface area contributed by atoms with Crippen LogP contribution in [0.15, 0.2) is 35.2 Å². The van der Waals surface area contributed by atoms with Crippen molar-refractivity contribution in [2.45, 2.75) is 99.8 Å². The van der Waals surface area contributed by atoms with Gasteiger partial charge in [-0.05, 0) is 36.8 Å². The first-order valence-electron chi connectivity index (χ1n) is 13.4. The molecule has 37 heavy (non-hydrogen) atoms. The summed E-state index contributed by atoms with van der Waals surface area (Å²) in [5.41, 5.74) is 0. The lowest BCUT2D eigenvalue weighted by molar-refractivity contribution is -0.130. The van der Waals surface area contributed by atoms with Gasteiger partial charge in [-0.15, -0.1) is 12.3 Å². The lowest BCUT2D eigenvalue weighted by atomic mass is 9.82. The van der Waals surface area contributed by atoms with E-state index in [4.69, 9.17) is 6.42 Å². The van der Waals surface area contributed by atoms with Crippen molar-refractivity contribution in [1.82, 2.24) is 10.6 Å². The van der Waals surface area contributed by atoms with Crippen molar-refractivity contribution in [2.75, 3.05) is 5.75 Å². The predicted octanol–water partition coefficient (Wildman–Crippen LogP) is 2.34.